The van der Waals surface area contributed by atoms with Gasteiger partial charge in [0.2, 0.25) is 0 Å². The second-order valence-corrected chi connectivity index (χ2v) is 12.8. The molecule has 172 valence electrons. The quantitative estimate of drug-likeness (QED) is 0.294. The van der Waals surface area contributed by atoms with Crippen molar-refractivity contribution in [3.63, 3.8) is 0 Å². The number of halogens is 1. The van der Waals surface area contributed by atoms with Crippen LogP contribution in [0.1, 0.15) is 0 Å². The molecule has 0 unspecified atom stereocenters. The molecule has 0 N–H and O–H groups in total. The molecule has 0 amide bonds. The molecule has 0 atom stereocenters. The van der Waals surface area contributed by atoms with Crippen LogP contribution in [0.15, 0.2) is 72.8 Å². The van der Waals surface area contributed by atoms with Gasteiger partial charge in [0.05, 0.1) is 0 Å². The number of fused-ring (bicyclic) bond motifs is 2. The van der Waals surface area contributed by atoms with E-state index in [0.717, 1.165) is 0 Å². The van der Waals surface area contributed by atoms with Crippen molar-refractivity contribution in [2.75, 3.05) is 26.7 Å². The minimum atomic E-state index is -4.94. The second kappa shape index (κ2) is 11.4. The minimum Gasteiger partial charge on any atom is -0.222 e. The Hall–Kier alpha value is -1.09. The zero-order valence-electron chi connectivity index (χ0n) is 18.1. The molecule has 0 bridgehead atoms. The van der Waals surface area contributed by atoms with Gasteiger partial charge in [0.25, 0.3) is 0 Å². The summed E-state index contributed by atoms with van der Waals surface area (Å²) in [5.41, 5.74) is 2.92. The van der Waals surface area contributed by atoms with Gasteiger partial charge < -0.3 is 0 Å². The Morgan fingerprint density at radius 2 is 0.844 bits per heavy atom. The molecule has 4 aromatic rings. The van der Waals surface area contributed by atoms with Crippen LogP contribution in [0.5, 0.6) is 0 Å². The van der Waals surface area contributed by atoms with Crippen LogP contribution in [0.2, 0.25) is 0 Å². The van der Waals surface area contributed by atoms with Gasteiger partial charge in [-0.15, -0.1) is 10.2 Å². The average molecular weight is 537 g/mol. The number of hydrogen-bond acceptors (Lipinski definition) is 4. The molecule has 0 saturated heterocycles. The van der Waals surface area contributed by atoms with Crippen LogP contribution in [-0.4, -0.2) is 26.7 Å². The summed E-state index contributed by atoms with van der Waals surface area (Å²) in [7, 11) is -5.33. The fourth-order valence-corrected chi connectivity index (χ4v) is 5.90. The van der Waals surface area contributed by atoms with Crippen LogP contribution < -0.4 is 29.2 Å². The molecule has 0 saturated carbocycles. The van der Waals surface area contributed by atoms with E-state index in [4.69, 9.17) is 18.6 Å². The maximum absolute atomic E-state index is 8.49. The van der Waals surface area contributed by atoms with E-state index in [-0.39, 0.29) is 32.9 Å². The first-order chi connectivity index (χ1) is 14.6. The molecular weight excluding hydrogens is 513 g/mol. The van der Waals surface area contributed by atoms with Crippen LogP contribution in [0, 0.1) is 10.2 Å². The standard InChI is InChI=1S/C24H24P2.ClHO4.Cu/c1-25(2)21-15-13-17-9-5-7-11-19(17)23(21)24-20-12-8-6-10-18(20)14-16-22(24)26(3)4;2-1(3,4)5;/h5-16H,1-4H3;(H,2,3,4,5);/q;;+1/p-1. The van der Waals surface area contributed by atoms with E-state index in [2.05, 4.69) is 99.5 Å². The van der Waals surface area contributed by atoms with Gasteiger partial charge in [-0.3, -0.25) is 0 Å². The number of rotatable bonds is 3. The van der Waals surface area contributed by atoms with Crippen molar-refractivity contribution >= 4 is 48.0 Å². The Balaban J connectivity index is 0.000000548. The van der Waals surface area contributed by atoms with Crippen LogP contribution >= 0.6 is 15.8 Å². The van der Waals surface area contributed by atoms with Gasteiger partial charge in [0.1, 0.15) is 0 Å². The Morgan fingerprint density at radius 3 is 1.16 bits per heavy atom. The molecule has 0 aliphatic heterocycles. The summed E-state index contributed by atoms with van der Waals surface area (Å²) in [6, 6.07) is 27.0. The molecule has 8 heteroatoms. The van der Waals surface area contributed by atoms with Gasteiger partial charge in [-0.1, -0.05) is 88.6 Å². The number of hydrogen-bond donors (Lipinski definition) is 0. The molecule has 0 heterocycles. The van der Waals surface area contributed by atoms with Gasteiger partial charge in [-0.2, -0.15) is 0 Å². The summed E-state index contributed by atoms with van der Waals surface area (Å²) < 4.78 is 34.0. The smallest absolute Gasteiger partial charge is 0.222 e. The van der Waals surface area contributed by atoms with E-state index in [1.807, 2.05) is 0 Å². The third-order valence-corrected chi connectivity index (χ3v) is 7.70. The predicted molar refractivity (Wildman–Crippen MR) is 124 cm³/mol. The van der Waals surface area contributed by atoms with E-state index in [1.165, 1.54) is 43.3 Å². The van der Waals surface area contributed by atoms with Crippen molar-refractivity contribution in [3.05, 3.63) is 72.8 Å². The summed E-state index contributed by atoms with van der Waals surface area (Å²) in [6.07, 6.45) is 0. The van der Waals surface area contributed by atoms with Crippen molar-refractivity contribution in [1.29, 1.82) is 0 Å². The minimum absolute atomic E-state index is 0. The summed E-state index contributed by atoms with van der Waals surface area (Å²) in [4.78, 5) is 0. The molecular formula is C24H24ClCuO4P2. The Kier molecular flexibility index (Phi) is 9.64. The maximum atomic E-state index is 8.49. The molecule has 0 aliphatic carbocycles. The zero-order chi connectivity index (χ0) is 22.8. The fourth-order valence-electron chi connectivity index (χ4n) is 3.79. The van der Waals surface area contributed by atoms with Crippen LogP contribution in [0.4, 0.5) is 0 Å². The monoisotopic (exact) mass is 536 g/mol. The van der Waals surface area contributed by atoms with E-state index in [1.54, 1.807) is 0 Å². The first-order valence-electron chi connectivity index (χ1n) is 9.58. The Morgan fingerprint density at radius 1 is 0.531 bits per heavy atom. The van der Waals surface area contributed by atoms with Crippen LogP contribution in [-0.2, 0) is 17.1 Å². The Bertz CT molecular complexity index is 1110. The van der Waals surface area contributed by atoms with Gasteiger partial charge in [-0.25, -0.2) is 18.6 Å². The average Bonchev–Trinajstić information content (AvgIpc) is 2.70. The zero-order valence-corrected chi connectivity index (χ0v) is 21.6. The van der Waals surface area contributed by atoms with Crippen LogP contribution in [0.3, 0.4) is 0 Å². The molecule has 0 spiro atoms. The van der Waals surface area contributed by atoms with E-state index >= 15 is 0 Å². The summed E-state index contributed by atoms with van der Waals surface area (Å²) in [5, 5.41) is 8.45. The molecule has 0 radical (unpaired) electrons. The van der Waals surface area contributed by atoms with Crippen molar-refractivity contribution < 1.29 is 45.9 Å². The van der Waals surface area contributed by atoms with Gasteiger partial charge in [0.15, 0.2) is 0 Å². The molecule has 32 heavy (non-hydrogen) atoms. The van der Waals surface area contributed by atoms with E-state index in [0.29, 0.717) is 0 Å². The van der Waals surface area contributed by atoms with Gasteiger partial charge >= 0.3 is 17.1 Å². The summed E-state index contributed by atoms with van der Waals surface area (Å²) >= 11 is 0. The first kappa shape index (κ1) is 27.2. The van der Waals surface area contributed by atoms with E-state index in [9.17, 15) is 0 Å². The molecule has 4 rings (SSSR count). The molecule has 4 nitrogen and oxygen atoms in total. The van der Waals surface area contributed by atoms with Crippen LogP contribution in [0.25, 0.3) is 32.7 Å². The van der Waals surface area contributed by atoms with Crippen molar-refractivity contribution in [3.8, 4) is 11.1 Å². The van der Waals surface area contributed by atoms with Gasteiger partial charge in [-0.05, 0) is 69.9 Å². The van der Waals surface area contributed by atoms with Crippen molar-refractivity contribution in [1.82, 2.24) is 0 Å². The largest absolute Gasteiger partial charge is 1.00 e. The topological polar surface area (TPSA) is 92.2 Å². The Labute approximate surface area is 204 Å². The number of benzene rings is 4. The van der Waals surface area contributed by atoms with E-state index < -0.39 is 10.2 Å². The van der Waals surface area contributed by atoms with Gasteiger partial charge in [0, 0.05) is 0 Å². The third kappa shape index (κ3) is 6.49. The van der Waals surface area contributed by atoms with Crippen molar-refractivity contribution in [2.24, 2.45) is 0 Å². The molecule has 0 fully saturated rings. The molecule has 0 aliphatic rings. The third-order valence-electron chi connectivity index (χ3n) is 5.03. The predicted octanol–water partition coefficient (Wildman–Crippen LogP) is 1.64. The summed E-state index contributed by atoms with van der Waals surface area (Å²) in [6.45, 7) is 9.48. The fraction of sp³-hybridized carbons (Fsp3) is 0.167. The molecule has 0 aromatic heterocycles. The maximum Gasteiger partial charge on any atom is 1.00 e. The summed E-state index contributed by atoms with van der Waals surface area (Å²) in [5.74, 6) is 0. The normalized spacial score (nSPS) is 11.4. The van der Waals surface area contributed by atoms with Crippen molar-refractivity contribution in [2.45, 2.75) is 0 Å². The first-order valence-corrected chi connectivity index (χ1v) is 15.3. The second-order valence-electron chi connectivity index (χ2n) is 7.53. The SMILES string of the molecule is CP(C)c1ccc2ccccc2c1-c1c(P(C)C)ccc2ccccc12.[Cu+].[O-][Cl+3]([O-])([O-])[O-]. The molecule has 4 aromatic carbocycles.